The molecule has 3 aliphatic heterocycles. The third-order valence-corrected chi connectivity index (χ3v) is 7.16. The SMILES string of the molecule is COc1cc(OC)c(C2=CN3C=CC(N4CCN(c5nccc(N)n5)CC4)=CC3=CCC2C)cc1Cl. The van der Waals surface area contributed by atoms with Crippen molar-refractivity contribution in [3.63, 3.8) is 0 Å². The zero-order valence-electron chi connectivity index (χ0n) is 20.8. The van der Waals surface area contributed by atoms with Gasteiger partial charge in [0, 0.05) is 67.8 Å². The van der Waals surface area contributed by atoms with Gasteiger partial charge in [0.15, 0.2) is 0 Å². The number of nitrogens with zero attached hydrogens (tertiary/aromatic N) is 5. The maximum Gasteiger partial charge on any atom is 0.227 e. The lowest BCUT2D eigenvalue weighted by Gasteiger charge is -2.38. The fourth-order valence-electron chi connectivity index (χ4n) is 4.80. The molecule has 0 bridgehead atoms. The molecule has 0 radical (unpaired) electrons. The monoisotopic (exact) mass is 506 g/mol. The minimum atomic E-state index is 0.286. The van der Waals surface area contributed by atoms with Gasteiger partial charge in [-0.3, -0.25) is 0 Å². The van der Waals surface area contributed by atoms with Crippen LogP contribution in [0.5, 0.6) is 11.5 Å². The molecule has 8 nitrogen and oxygen atoms in total. The highest BCUT2D eigenvalue weighted by Crippen LogP contribution is 2.41. The molecule has 0 spiro atoms. The average molecular weight is 507 g/mol. The van der Waals surface area contributed by atoms with Crippen LogP contribution in [-0.4, -0.2) is 60.2 Å². The molecule has 0 saturated carbocycles. The number of halogens is 1. The number of ether oxygens (including phenoxy) is 2. The number of methoxy groups -OCH3 is 2. The maximum absolute atomic E-state index is 6.48. The first kappa shape index (κ1) is 24.1. The number of benzene rings is 1. The Labute approximate surface area is 217 Å². The van der Waals surface area contributed by atoms with Crippen LogP contribution in [0.3, 0.4) is 0 Å². The third kappa shape index (κ3) is 4.73. The summed E-state index contributed by atoms with van der Waals surface area (Å²) in [5, 5.41) is 0.568. The van der Waals surface area contributed by atoms with Crippen LogP contribution >= 0.6 is 11.6 Å². The molecule has 5 rings (SSSR count). The second-order valence-corrected chi connectivity index (χ2v) is 9.49. The largest absolute Gasteiger partial charge is 0.496 e. The van der Waals surface area contributed by atoms with E-state index in [1.807, 2.05) is 12.1 Å². The zero-order valence-corrected chi connectivity index (χ0v) is 21.6. The molecule has 0 aliphatic carbocycles. The number of hydrogen-bond acceptors (Lipinski definition) is 8. The van der Waals surface area contributed by atoms with Gasteiger partial charge in [0.25, 0.3) is 0 Å². The molecule has 1 atom stereocenters. The van der Waals surface area contributed by atoms with Crippen molar-refractivity contribution in [3.8, 4) is 11.5 Å². The van der Waals surface area contributed by atoms with Gasteiger partial charge in [-0.25, -0.2) is 4.98 Å². The molecule has 36 heavy (non-hydrogen) atoms. The van der Waals surface area contributed by atoms with E-state index < -0.39 is 0 Å². The van der Waals surface area contributed by atoms with Crippen molar-refractivity contribution >= 4 is 28.9 Å². The third-order valence-electron chi connectivity index (χ3n) is 6.87. The minimum absolute atomic E-state index is 0.286. The van der Waals surface area contributed by atoms with E-state index >= 15 is 0 Å². The van der Waals surface area contributed by atoms with E-state index in [9.17, 15) is 0 Å². The van der Waals surface area contributed by atoms with Crippen molar-refractivity contribution < 1.29 is 9.47 Å². The Hall–Kier alpha value is -3.65. The van der Waals surface area contributed by atoms with Crippen molar-refractivity contribution in [3.05, 3.63) is 77.0 Å². The van der Waals surface area contributed by atoms with Crippen molar-refractivity contribution in [2.24, 2.45) is 5.92 Å². The predicted octanol–water partition coefficient (Wildman–Crippen LogP) is 4.53. The summed E-state index contributed by atoms with van der Waals surface area (Å²) in [6, 6.07) is 5.50. The number of nitrogen functional groups attached to an aromatic ring is 1. The number of piperazine rings is 1. The molecule has 4 heterocycles. The van der Waals surface area contributed by atoms with E-state index in [2.05, 4.69) is 62.2 Å². The summed E-state index contributed by atoms with van der Waals surface area (Å²) in [5.74, 6) is 2.83. The quantitative estimate of drug-likeness (QED) is 0.633. The van der Waals surface area contributed by atoms with Crippen LogP contribution in [0.1, 0.15) is 18.9 Å². The van der Waals surface area contributed by atoms with E-state index in [0.717, 1.165) is 49.6 Å². The Morgan fingerprint density at radius 2 is 1.78 bits per heavy atom. The molecule has 1 aromatic carbocycles. The lowest BCUT2D eigenvalue weighted by molar-refractivity contribution is 0.325. The smallest absolute Gasteiger partial charge is 0.227 e. The van der Waals surface area contributed by atoms with Crippen LogP contribution in [0.2, 0.25) is 5.02 Å². The molecule has 2 N–H and O–H groups in total. The lowest BCUT2D eigenvalue weighted by Crippen LogP contribution is -2.46. The van der Waals surface area contributed by atoms with Crippen LogP contribution in [0.25, 0.3) is 5.57 Å². The first-order chi connectivity index (χ1) is 17.5. The van der Waals surface area contributed by atoms with Gasteiger partial charge >= 0.3 is 0 Å². The number of aromatic nitrogens is 2. The van der Waals surface area contributed by atoms with Gasteiger partial charge in [0.05, 0.1) is 19.2 Å². The molecule has 1 aromatic heterocycles. The van der Waals surface area contributed by atoms with Crippen molar-refractivity contribution in [2.45, 2.75) is 13.3 Å². The van der Waals surface area contributed by atoms with Crippen LogP contribution in [0.15, 0.2) is 66.4 Å². The van der Waals surface area contributed by atoms with Gasteiger partial charge in [-0.15, -0.1) is 0 Å². The lowest BCUT2D eigenvalue weighted by atomic mass is 9.91. The Balaban J connectivity index is 1.34. The summed E-state index contributed by atoms with van der Waals surface area (Å²) in [5.41, 5.74) is 10.4. The van der Waals surface area contributed by atoms with Gasteiger partial charge in [0.2, 0.25) is 5.95 Å². The standard InChI is InChI=1S/C27H31ClN6O2/c1-18-4-5-19-14-20(32-10-12-33(13-11-32)27-30-8-6-26(29)31-27)7-9-34(19)17-22(18)21-15-23(28)25(36-3)16-24(21)35-2/h5-9,14-18H,4,10-13H2,1-3H3,(H2,29,30,31). The summed E-state index contributed by atoms with van der Waals surface area (Å²) >= 11 is 6.48. The Morgan fingerprint density at radius 3 is 2.50 bits per heavy atom. The number of fused-ring (bicyclic) bond motifs is 1. The van der Waals surface area contributed by atoms with Crippen LogP contribution in [0, 0.1) is 5.92 Å². The average Bonchev–Trinajstić information content (AvgIpc) is 3.07. The van der Waals surface area contributed by atoms with Crippen LogP contribution in [-0.2, 0) is 0 Å². The summed E-state index contributed by atoms with van der Waals surface area (Å²) < 4.78 is 11.1. The predicted molar refractivity (Wildman–Crippen MR) is 144 cm³/mol. The first-order valence-electron chi connectivity index (χ1n) is 12.1. The second kappa shape index (κ2) is 10.1. The van der Waals surface area contributed by atoms with Gasteiger partial charge < -0.3 is 29.9 Å². The Kier molecular flexibility index (Phi) is 6.78. The van der Waals surface area contributed by atoms with Crippen LogP contribution in [0.4, 0.5) is 11.8 Å². The molecular formula is C27H31ClN6O2. The molecule has 9 heteroatoms. The Morgan fingerprint density at radius 1 is 1.03 bits per heavy atom. The van der Waals surface area contributed by atoms with Gasteiger partial charge in [-0.05, 0) is 42.2 Å². The number of nitrogens with two attached hydrogens (primary N) is 1. The molecule has 0 amide bonds. The van der Waals surface area contributed by atoms with Crippen molar-refractivity contribution in [2.75, 3.05) is 51.0 Å². The van der Waals surface area contributed by atoms with E-state index in [1.54, 1.807) is 26.5 Å². The molecule has 1 saturated heterocycles. The fourth-order valence-corrected chi connectivity index (χ4v) is 5.04. The summed E-state index contributed by atoms with van der Waals surface area (Å²) in [6.07, 6.45) is 13.7. The van der Waals surface area contributed by atoms with Gasteiger partial charge in [-0.1, -0.05) is 24.6 Å². The highest BCUT2D eigenvalue weighted by atomic mass is 35.5. The molecule has 188 valence electrons. The first-order valence-corrected chi connectivity index (χ1v) is 12.4. The summed E-state index contributed by atoms with van der Waals surface area (Å²) in [6.45, 7) is 5.69. The van der Waals surface area contributed by atoms with Crippen molar-refractivity contribution in [1.29, 1.82) is 0 Å². The summed E-state index contributed by atoms with van der Waals surface area (Å²) in [7, 11) is 3.28. The maximum atomic E-state index is 6.48. The molecular weight excluding hydrogens is 476 g/mol. The second-order valence-electron chi connectivity index (χ2n) is 9.09. The van der Waals surface area contributed by atoms with E-state index in [1.165, 1.54) is 11.3 Å². The number of allylic oxidation sites excluding steroid dienone is 4. The highest BCUT2D eigenvalue weighted by Gasteiger charge is 2.25. The van der Waals surface area contributed by atoms with Gasteiger partial charge in [0.1, 0.15) is 17.3 Å². The zero-order chi connectivity index (χ0) is 25.2. The molecule has 1 fully saturated rings. The molecule has 2 aromatic rings. The fraction of sp³-hybridized carbons (Fsp3) is 0.333. The van der Waals surface area contributed by atoms with E-state index in [-0.39, 0.29) is 5.92 Å². The number of rotatable bonds is 5. The van der Waals surface area contributed by atoms with Crippen LogP contribution < -0.4 is 20.1 Å². The minimum Gasteiger partial charge on any atom is -0.496 e. The normalized spacial score (nSPS) is 19.7. The topological polar surface area (TPSA) is 80.0 Å². The molecule has 1 unspecified atom stereocenters. The number of hydrogen-bond donors (Lipinski definition) is 1. The van der Waals surface area contributed by atoms with Crippen molar-refractivity contribution in [1.82, 2.24) is 19.8 Å². The summed E-state index contributed by atoms with van der Waals surface area (Å²) in [4.78, 5) is 15.5. The van der Waals surface area contributed by atoms with Gasteiger partial charge in [-0.2, -0.15) is 4.98 Å². The number of anilines is 2. The Bertz CT molecular complexity index is 1260. The van der Waals surface area contributed by atoms with E-state index in [0.29, 0.717) is 22.5 Å². The van der Waals surface area contributed by atoms with E-state index in [4.69, 9.17) is 26.8 Å². The highest BCUT2D eigenvalue weighted by molar-refractivity contribution is 6.32. The molecule has 3 aliphatic rings.